The Kier molecular flexibility index (Phi) is 5.95. The molecule has 150 valence electrons. The number of ether oxygens (including phenoxy) is 1. The van der Waals surface area contributed by atoms with Crippen molar-refractivity contribution < 1.29 is 18.7 Å². The van der Waals surface area contributed by atoms with Gasteiger partial charge in [-0.25, -0.2) is 4.39 Å². The fourth-order valence-corrected chi connectivity index (χ4v) is 3.83. The van der Waals surface area contributed by atoms with Crippen LogP contribution >= 0.6 is 11.8 Å². The van der Waals surface area contributed by atoms with Crippen LogP contribution in [0.5, 0.6) is 5.75 Å². The van der Waals surface area contributed by atoms with Gasteiger partial charge in [-0.1, -0.05) is 54.6 Å². The summed E-state index contributed by atoms with van der Waals surface area (Å²) in [7, 11) is 0. The fraction of sp³-hybridized carbons (Fsp3) is 0.0833. The van der Waals surface area contributed by atoms with E-state index < -0.39 is 0 Å². The van der Waals surface area contributed by atoms with Crippen molar-refractivity contribution in [1.29, 1.82) is 0 Å². The minimum absolute atomic E-state index is 0.254. The van der Waals surface area contributed by atoms with E-state index in [1.54, 1.807) is 24.3 Å². The van der Waals surface area contributed by atoms with Crippen LogP contribution in [0.1, 0.15) is 16.7 Å². The van der Waals surface area contributed by atoms with Crippen molar-refractivity contribution in [3.05, 3.63) is 106 Å². The van der Waals surface area contributed by atoms with Gasteiger partial charge < -0.3 is 4.74 Å². The Hall–Kier alpha value is -3.38. The predicted octanol–water partition coefficient (Wildman–Crippen LogP) is 5.64. The molecule has 1 heterocycles. The Balaban J connectivity index is 1.45. The van der Waals surface area contributed by atoms with Gasteiger partial charge in [0.05, 0.1) is 11.4 Å². The number of carbonyl (C=O) groups excluding carboxylic acids is 2. The van der Waals surface area contributed by atoms with Gasteiger partial charge in [0.1, 0.15) is 18.2 Å². The van der Waals surface area contributed by atoms with E-state index in [1.165, 1.54) is 17.0 Å². The second-order valence-electron chi connectivity index (χ2n) is 6.74. The molecule has 0 aliphatic carbocycles. The van der Waals surface area contributed by atoms with E-state index in [0.29, 0.717) is 17.3 Å². The standard InChI is InChI=1S/C24H18FNO3S/c25-20-11-9-18(10-12-20)16-29-21-8-4-7-19(13-21)14-22-23(27)26(24(28)30-22)15-17-5-2-1-3-6-17/h1-14H,15-16H2/b22-14+. The Morgan fingerprint density at radius 2 is 1.67 bits per heavy atom. The largest absolute Gasteiger partial charge is 0.489 e. The molecule has 30 heavy (non-hydrogen) atoms. The highest BCUT2D eigenvalue weighted by atomic mass is 32.2. The highest BCUT2D eigenvalue weighted by Crippen LogP contribution is 2.33. The molecule has 0 N–H and O–H groups in total. The highest BCUT2D eigenvalue weighted by molar-refractivity contribution is 8.18. The molecule has 1 fully saturated rings. The van der Waals surface area contributed by atoms with Gasteiger partial charge in [-0.05, 0) is 58.8 Å². The Morgan fingerprint density at radius 3 is 2.43 bits per heavy atom. The van der Waals surface area contributed by atoms with Crippen LogP contribution in [-0.4, -0.2) is 16.0 Å². The van der Waals surface area contributed by atoms with Crippen LogP contribution in [0, 0.1) is 5.82 Å². The molecule has 0 saturated carbocycles. The summed E-state index contributed by atoms with van der Waals surface area (Å²) in [6.07, 6.45) is 1.70. The van der Waals surface area contributed by atoms with E-state index in [-0.39, 0.29) is 23.5 Å². The minimum atomic E-state index is -0.300. The molecule has 3 aromatic carbocycles. The molecule has 2 amide bonds. The third kappa shape index (κ3) is 4.78. The fourth-order valence-electron chi connectivity index (χ4n) is 3.00. The summed E-state index contributed by atoms with van der Waals surface area (Å²) in [5.41, 5.74) is 2.51. The summed E-state index contributed by atoms with van der Waals surface area (Å²) in [4.78, 5) is 26.6. The van der Waals surface area contributed by atoms with Crippen molar-refractivity contribution in [2.45, 2.75) is 13.2 Å². The number of hydrogen-bond donors (Lipinski definition) is 0. The Labute approximate surface area is 178 Å². The molecule has 0 bridgehead atoms. The van der Waals surface area contributed by atoms with Crippen LogP contribution in [0.4, 0.5) is 9.18 Å². The molecule has 0 unspecified atom stereocenters. The van der Waals surface area contributed by atoms with E-state index in [1.807, 2.05) is 48.5 Å². The van der Waals surface area contributed by atoms with Gasteiger partial charge in [0, 0.05) is 0 Å². The number of thioether (sulfide) groups is 1. The average molecular weight is 419 g/mol. The van der Waals surface area contributed by atoms with Crippen molar-refractivity contribution in [3.63, 3.8) is 0 Å². The molecule has 3 aromatic rings. The van der Waals surface area contributed by atoms with Crippen molar-refractivity contribution in [2.24, 2.45) is 0 Å². The zero-order valence-corrected chi connectivity index (χ0v) is 16.8. The second kappa shape index (κ2) is 8.97. The molecule has 6 heteroatoms. The zero-order chi connectivity index (χ0) is 20.9. The average Bonchev–Trinajstić information content (AvgIpc) is 3.02. The maximum Gasteiger partial charge on any atom is 0.293 e. The van der Waals surface area contributed by atoms with Gasteiger partial charge in [-0.15, -0.1) is 0 Å². The normalized spacial score (nSPS) is 15.1. The molecule has 4 rings (SSSR count). The van der Waals surface area contributed by atoms with Crippen molar-refractivity contribution >= 4 is 29.0 Å². The van der Waals surface area contributed by atoms with E-state index in [2.05, 4.69) is 0 Å². The molecule has 1 aliphatic heterocycles. The monoisotopic (exact) mass is 419 g/mol. The van der Waals surface area contributed by atoms with Crippen LogP contribution in [0.3, 0.4) is 0 Å². The number of amides is 2. The van der Waals surface area contributed by atoms with E-state index in [9.17, 15) is 14.0 Å². The topological polar surface area (TPSA) is 46.6 Å². The number of halogens is 1. The lowest BCUT2D eigenvalue weighted by Gasteiger charge is -2.12. The molecule has 0 radical (unpaired) electrons. The third-order valence-electron chi connectivity index (χ3n) is 4.53. The second-order valence-corrected chi connectivity index (χ2v) is 7.73. The summed E-state index contributed by atoms with van der Waals surface area (Å²) in [5.74, 6) is 0.0324. The molecule has 0 aromatic heterocycles. The Morgan fingerprint density at radius 1 is 0.900 bits per heavy atom. The maximum absolute atomic E-state index is 13.0. The molecular formula is C24H18FNO3S. The smallest absolute Gasteiger partial charge is 0.293 e. The quantitative estimate of drug-likeness (QED) is 0.485. The molecule has 0 atom stereocenters. The minimum Gasteiger partial charge on any atom is -0.489 e. The van der Waals surface area contributed by atoms with E-state index >= 15 is 0 Å². The van der Waals surface area contributed by atoms with Crippen molar-refractivity contribution in [3.8, 4) is 5.75 Å². The Bertz CT molecular complexity index is 1100. The maximum atomic E-state index is 13.0. The first-order valence-electron chi connectivity index (χ1n) is 9.35. The molecule has 4 nitrogen and oxygen atoms in total. The van der Waals surface area contributed by atoms with Crippen LogP contribution in [0.15, 0.2) is 83.8 Å². The van der Waals surface area contributed by atoms with Gasteiger partial charge in [-0.3, -0.25) is 14.5 Å². The lowest BCUT2D eigenvalue weighted by atomic mass is 10.2. The number of nitrogens with zero attached hydrogens (tertiary/aromatic N) is 1. The van der Waals surface area contributed by atoms with Gasteiger partial charge in [0.15, 0.2) is 0 Å². The van der Waals surface area contributed by atoms with Crippen LogP contribution in [-0.2, 0) is 17.9 Å². The molecule has 1 saturated heterocycles. The number of hydrogen-bond acceptors (Lipinski definition) is 4. The van der Waals surface area contributed by atoms with Gasteiger partial charge in [-0.2, -0.15) is 0 Å². The highest BCUT2D eigenvalue weighted by Gasteiger charge is 2.34. The molecule has 0 spiro atoms. The zero-order valence-electron chi connectivity index (χ0n) is 16.0. The first-order valence-corrected chi connectivity index (χ1v) is 10.2. The predicted molar refractivity (Wildman–Crippen MR) is 115 cm³/mol. The first-order chi connectivity index (χ1) is 14.6. The lowest BCUT2D eigenvalue weighted by Crippen LogP contribution is -2.27. The van der Waals surface area contributed by atoms with Crippen molar-refractivity contribution in [1.82, 2.24) is 4.90 Å². The lowest BCUT2D eigenvalue weighted by molar-refractivity contribution is -0.123. The van der Waals surface area contributed by atoms with Crippen LogP contribution in [0.2, 0.25) is 0 Å². The number of imide groups is 1. The summed E-state index contributed by atoms with van der Waals surface area (Å²) in [6, 6.07) is 22.8. The van der Waals surface area contributed by atoms with Crippen molar-refractivity contribution in [2.75, 3.05) is 0 Å². The number of rotatable bonds is 6. The molecule has 1 aliphatic rings. The van der Waals surface area contributed by atoms with Gasteiger partial charge in [0.2, 0.25) is 0 Å². The van der Waals surface area contributed by atoms with Gasteiger partial charge in [0.25, 0.3) is 11.1 Å². The van der Waals surface area contributed by atoms with Crippen LogP contribution < -0.4 is 4.74 Å². The number of carbonyl (C=O) groups is 2. The van der Waals surface area contributed by atoms with Gasteiger partial charge >= 0.3 is 0 Å². The SMILES string of the molecule is O=C1S/C(=C/c2cccc(OCc3ccc(F)cc3)c2)C(=O)N1Cc1ccccc1. The summed E-state index contributed by atoms with van der Waals surface area (Å²) >= 11 is 0.936. The first kappa shape index (κ1) is 19.9. The van der Waals surface area contributed by atoms with E-state index in [4.69, 9.17) is 4.74 Å². The van der Waals surface area contributed by atoms with Crippen LogP contribution in [0.25, 0.3) is 6.08 Å². The summed E-state index contributed by atoms with van der Waals surface area (Å²) in [6.45, 7) is 0.557. The van der Waals surface area contributed by atoms with E-state index in [0.717, 1.165) is 28.5 Å². The molecular weight excluding hydrogens is 401 g/mol. The summed E-state index contributed by atoms with van der Waals surface area (Å²) in [5, 5.41) is -0.279. The third-order valence-corrected chi connectivity index (χ3v) is 5.44. The number of benzene rings is 3. The summed E-state index contributed by atoms with van der Waals surface area (Å²) < 4.78 is 18.8.